The van der Waals surface area contributed by atoms with Gasteiger partial charge in [0.05, 0.1) is 0 Å². The second kappa shape index (κ2) is 6.93. The fourth-order valence-electron chi connectivity index (χ4n) is 1.37. The largest absolute Gasteiger partial charge is 0.368 e. The van der Waals surface area contributed by atoms with E-state index in [-0.39, 0.29) is 5.91 Å². The van der Waals surface area contributed by atoms with Gasteiger partial charge in [-0.25, -0.2) is 0 Å². The van der Waals surface area contributed by atoms with Crippen LogP contribution in [0.4, 0.5) is 11.6 Å². The molecule has 1 aromatic rings. The van der Waals surface area contributed by atoms with E-state index in [2.05, 4.69) is 34.7 Å². The quantitative estimate of drug-likeness (QED) is 0.814. The molecule has 0 fully saturated rings. The van der Waals surface area contributed by atoms with Gasteiger partial charge in [-0.1, -0.05) is 27.7 Å². The van der Waals surface area contributed by atoms with Gasteiger partial charge in [-0.05, 0) is 24.0 Å². The van der Waals surface area contributed by atoms with E-state index in [1.807, 2.05) is 19.9 Å². The van der Waals surface area contributed by atoms with E-state index in [1.165, 1.54) is 0 Å². The molecule has 0 saturated carbocycles. The second-order valence-electron chi connectivity index (χ2n) is 5.22. The van der Waals surface area contributed by atoms with Crippen LogP contribution < -0.4 is 10.6 Å². The van der Waals surface area contributed by atoms with Crippen molar-refractivity contribution in [2.75, 3.05) is 17.2 Å². The van der Waals surface area contributed by atoms with Crippen molar-refractivity contribution in [1.82, 2.24) is 10.2 Å². The van der Waals surface area contributed by atoms with E-state index < -0.39 is 0 Å². The van der Waals surface area contributed by atoms with Crippen molar-refractivity contribution in [3.8, 4) is 0 Å². The molecule has 18 heavy (non-hydrogen) atoms. The summed E-state index contributed by atoms with van der Waals surface area (Å²) in [6.45, 7) is 9.12. The highest BCUT2D eigenvalue weighted by Gasteiger charge is 2.06. The zero-order valence-electron chi connectivity index (χ0n) is 11.5. The van der Waals surface area contributed by atoms with Crippen LogP contribution in [0, 0.1) is 11.8 Å². The summed E-state index contributed by atoms with van der Waals surface area (Å²) in [6.07, 6.45) is 0.495. The Morgan fingerprint density at radius 3 is 2.22 bits per heavy atom. The molecule has 0 atom stereocenters. The predicted octanol–water partition coefficient (Wildman–Crippen LogP) is 2.53. The monoisotopic (exact) mass is 250 g/mol. The van der Waals surface area contributed by atoms with E-state index in [4.69, 9.17) is 0 Å². The highest BCUT2D eigenvalue weighted by Crippen LogP contribution is 2.08. The van der Waals surface area contributed by atoms with Crippen molar-refractivity contribution >= 4 is 17.5 Å². The first kappa shape index (κ1) is 14.4. The molecule has 1 heterocycles. The number of carbonyl (C=O) groups is 1. The lowest BCUT2D eigenvalue weighted by Crippen LogP contribution is -2.15. The highest BCUT2D eigenvalue weighted by molar-refractivity contribution is 5.89. The number of nitrogens with one attached hydrogen (secondary N) is 2. The molecule has 0 aliphatic carbocycles. The average molecular weight is 250 g/mol. The summed E-state index contributed by atoms with van der Waals surface area (Å²) >= 11 is 0. The van der Waals surface area contributed by atoms with E-state index in [0.29, 0.717) is 24.1 Å². The topological polar surface area (TPSA) is 66.9 Å². The number of aromatic nitrogens is 2. The first-order valence-corrected chi connectivity index (χ1v) is 6.35. The summed E-state index contributed by atoms with van der Waals surface area (Å²) in [7, 11) is 0. The first-order chi connectivity index (χ1) is 8.47. The molecule has 1 rings (SSSR count). The van der Waals surface area contributed by atoms with Gasteiger partial charge in [0.2, 0.25) is 5.91 Å². The van der Waals surface area contributed by atoms with Gasteiger partial charge in [0, 0.05) is 13.0 Å². The molecule has 100 valence electrons. The van der Waals surface area contributed by atoms with Crippen LogP contribution in [0.3, 0.4) is 0 Å². The molecule has 0 bridgehead atoms. The second-order valence-corrected chi connectivity index (χ2v) is 5.22. The highest BCUT2D eigenvalue weighted by atomic mass is 16.1. The molecule has 0 aromatic carbocycles. The summed E-state index contributed by atoms with van der Waals surface area (Å²) in [6, 6.07) is 3.58. The van der Waals surface area contributed by atoms with Gasteiger partial charge in [0.15, 0.2) is 5.82 Å². The summed E-state index contributed by atoms with van der Waals surface area (Å²) in [4.78, 5) is 11.5. The molecule has 0 radical (unpaired) electrons. The van der Waals surface area contributed by atoms with Gasteiger partial charge in [-0.2, -0.15) is 0 Å². The Balaban J connectivity index is 2.47. The molecular formula is C13H22N4O. The number of anilines is 2. The Kier molecular flexibility index (Phi) is 5.55. The van der Waals surface area contributed by atoms with Crippen molar-refractivity contribution < 1.29 is 4.79 Å². The van der Waals surface area contributed by atoms with Crippen LogP contribution in [0.5, 0.6) is 0 Å². The number of hydrogen-bond acceptors (Lipinski definition) is 4. The van der Waals surface area contributed by atoms with Gasteiger partial charge < -0.3 is 10.6 Å². The molecule has 5 heteroatoms. The van der Waals surface area contributed by atoms with E-state index in [9.17, 15) is 4.79 Å². The van der Waals surface area contributed by atoms with Crippen LogP contribution in [0.15, 0.2) is 12.1 Å². The third-order valence-electron chi connectivity index (χ3n) is 2.22. The smallest absolute Gasteiger partial charge is 0.225 e. The molecule has 0 aliphatic rings. The van der Waals surface area contributed by atoms with Crippen molar-refractivity contribution in [3.05, 3.63) is 12.1 Å². The lowest BCUT2D eigenvalue weighted by molar-refractivity contribution is -0.116. The van der Waals surface area contributed by atoms with Crippen LogP contribution in [0.1, 0.15) is 34.1 Å². The molecule has 0 unspecified atom stereocenters. The van der Waals surface area contributed by atoms with Crippen LogP contribution in [-0.2, 0) is 4.79 Å². The number of hydrogen-bond donors (Lipinski definition) is 2. The van der Waals surface area contributed by atoms with E-state index in [0.717, 1.165) is 12.4 Å². The van der Waals surface area contributed by atoms with Crippen LogP contribution in [0.2, 0.25) is 0 Å². The minimum atomic E-state index is -0.0258. The predicted molar refractivity (Wildman–Crippen MR) is 73.4 cm³/mol. The molecular weight excluding hydrogens is 228 g/mol. The maximum atomic E-state index is 11.5. The van der Waals surface area contributed by atoms with Gasteiger partial charge >= 0.3 is 0 Å². The van der Waals surface area contributed by atoms with E-state index >= 15 is 0 Å². The minimum absolute atomic E-state index is 0.0258. The zero-order valence-corrected chi connectivity index (χ0v) is 11.5. The standard InChI is InChI=1S/C13H22N4O/c1-9(2)7-13(18)15-12-6-5-11(16-17-12)14-8-10(3)4/h5-6,9-10H,7-8H2,1-4H3,(H,14,16)(H,15,17,18). The fraction of sp³-hybridized carbons (Fsp3) is 0.615. The normalized spacial score (nSPS) is 10.8. The SMILES string of the molecule is CC(C)CNc1ccc(NC(=O)CC(C)C)nn1. The van der Waals surface area contributed by atoms with Crippen molar-refractivity contribution in [1.29, 1.82) is 0 Å². The third kappa shape index (κ3) is 5.61. The molecule has 0 spiro atoms. The Morgan fingerprint density at radius 1 is 1.11 bits per heavy atom. The molecule has 2 N–H and O–H groups in total. The summed E-state index contributed by atoms with van der Waals surface area (Å²) in [5, 5.41) is 13.9. The summed E-state index contributed by atoms with van der Waals surface area (Å²) < 4.78 is 0. The zero-order chi connectivity index (χ0) is 13.5. The van der Waals surface area contributed by atoms with Gasteiger partial charge in [-0.15, -0.1) is 10.2 Å². The summed E-state index contributed by atoms with van der Waals surface area (Å²) in [5.74, 6) is 2.09. The molecule has 1 aromatic heterocycles. The molecule has 0 aliphatic heterocycles. The number of carbonyl (C=O) groups excluding carboxylic acids is 1. The lowest BCUT2D eigenvalue weighted by atomic mass is 10.1. The van der Waals surface area contributed by atoms with Crippen molar-refractivity contribution in [3.63, 3.8) is 0 Å². The van der Waals surface area contributed by atoms with Gasteiger partial charge in [0.1, 0.15) is 5.82 Å². The third-order valence-corrected chi connectivity index (χ3v) is 2.22. The lowest BCUT2D eigenvalue weighted by Gasteiger charge is -2.08. The van der Waals surface area contributed by atoms with E-state index in [1.54, 1.807) is 6.07 Å². The van der Waals surface area contributed by atoms with Crippen LogP contribution >= 0.6 is 0 Å². The molecule has 1 amide bonds. The Bertz CT molecular complexity index is 373. The van der Waals surface area contributed by atoms with Gasteiger partial charge in [0.25, 0.3) is 0 Å². The maximum Gasteiger partial charge on any atom is 0.225 e. The van der Waals surface area contributed by atoms with Crippen LogP contribution in [0.25, 0.3) is 0 Å². The molecule has 5 nitrogen and oxygen atoms in total. The fourth-order valence-corrected chi connectivity index (χ4v) is 1.37. The Labute approximate surface area is 108 Å². The van der Waals surface area contributed by atoms with Crippen LogP contribution in [-0.4, -0.2) is 22.6 Å². The van der Waals surface area contributed by atoms with Gasteiger partial charge in [-0.3, -0.25) is 4.79 Å². The average Bonchev–Trinajstić information content (AvgIpc) is 2.26. The summed E-state index contributed by atoms with van der Waals surface area (Å²) in [5.41, 5.74) is 0. The molecule has 0 saturated heterocycles. The van der Waals surface area contributed by atoms with Crippen molar-refractivity contribution in [2.24, 2.45) is 11.8 Å². The Hall–Kier alpha value is -1.65. The van der Waals surface area contributed by atoms with Crippen molar-refractivity contribution in [2.45, 2.75) is 34.1 Å². The first-order valence-electron chi connectivity index (χ1n) is 6.35. The maximum absolute atomic E-state index is 11.5. The number of amides is 1. The number of nitrogens with zero attached hydrogens (tertiary/aromatic N) is 2. The number of rotatable bonds is 6. The Morgan fingerprint density at radius 2 is 1.72 bits per heavy atom. The minimum Gasteiger partial charge on any atom is -0.368 e.